The number of aliphatic hydroxyl groups excluding tert-OH is 1. The highest BCUT2D eigenvalue weighted by Crippen LogP contribution is 2.22. The molecule has 2 heterocycles. The van der Waals surface area contributed by atoms with Crippen molar-refractivity contribution in [2.45, 2.75) is 39.0 Å². The number of β-amino-alcohol motifs (C(OH)–C–C–N with tert-alkyl or cyclic N) is 1. The second-order valence-electron chi connectivity index (χ2n) is 5.65. The highest BCUT2D eigenvalue weighted by atomic mass is 16.3. The van der Waals surface area contributed by atoms with Crippen LogP contribution in [0.1, 0.15) is 32.4 Å². The third kappa shape index (κ3) is 3.75. The molecule has 1 N–H and O–H groups in total. The zero-order valence-electron chi connectivity index (χ0n) is 12.2. The van der Waals surface area contributed by atoms with Crippen molar-refractivity contribution in [1.82, 2.24) is 14.8 Å². The van der Waals surface area contributed by atoms with E-state index in [0.717, 1.165) is 26.2 Å². The molecule has 1 saturated heterocycles. The Morgan fingerprint density at radius 1 is 1.42 bits per heavy atom. The van der Waals surface area contributed by atoms with Crippen LogP contribution in [-0.4, -0.2) is 58.2 Å². The largest absolute Gasteiger partial charge is 0.392 e. The number of pyridine rings is 1. The van der Waals surface area contributed by atoms with Gasteiger partial charge in [-0.3, -0.25) is 14.8 Å². The van der Waals surface area contributed by atoms with E-state index in [-0.39, 0.29) is 6.10 Å². The molecule has 106 valence electrons. The van der Waals surface area contributed by atoms with Gasteiger partial charge in [-0.15, -0.1) is 0 Å². The van der Waals surface area contributed by atoms with Crippen LogP contribution in [0.2, 0.25) is 0 Å². The molecule has 0 aliphatic carbocycles. The first-order valence-electron chi connectivity index (χ1n) is 7.14. The van der Waals surface area contributed by atoms with Crippen molar-refractivity contribution in [2.75, 3.05) is 26.2 Å². The average Bonchev–Trinajstić information content (AvgIpc) is 2.41. The normalized spacial score (nSPS) is 25.2. The number of nitrogens with zero attached hydrogens (tertiary/aromatic N) is 3. The maximum absolute atomic E-state index is 9.51. The highest BCUT2D eigenvalue weighted by molar-refractivity contribution is 5.13. The molecular weight excluding hydrogens is 238 g/mol. The van der Waals surface area contributed by atoms with Gasteiger partial charge >= 0.3 is 0 Å². The lowest BCUT2D eigenvalue weighted by Crippen LogP contribution is -2.53. The van der Waals surface area contributed by atoms with Crippen molar-refractivity contribution < 1.29 is 5.11 Å². The number of piperazine rings is 1. The minimum absolute atomic E-state index is 0.246. The number of hydrogen-bond donors (Lipinski definition) is 1. The molecule has 0 unspecified atom stereocenters. The fourth-order valence-electron chi connectivity index (χ4n) is 2.82. The van der Waals surface area contributed by atoms with Crippen molar-refractivity contribution in [1.29, 1.82) is 0 Å². The van der Waals surface area contributed by atoms with E-state index in [4.69, 9.17) is 0 Å². The van der Waals surface area contributed by atoms with Crippen LogP contribution in [0.15, 0.2) is 24.5 Å². The molecule has 0 aromatic carbocycles. The zero-order valence-corrected chi connectivity index (χ0v) is 12.2. The average molecular weight is 263 g/mol. The first-order valence-corrected chi connectivity index (χ1v) is 7.14. The van der Waals surface area contributed by atoms with Crippen LogP contribution in [0.25, 0.3) is 0 Å². The van der Waals surface area contributed by atoms with Gasteiger partial charge in [-0.05, 0) is 32.4 Å². The SMILES string of the molecule is C[C@H](O)CN1CCN([C@H](C)c2cccnc2)C[C@H]1C. The second kappa shape index (κ2) is 6.46. The summed E-state index contributed by atoms with van der Waals surface area (Å²) in [5.74, 6) is 0. The number of hydrogen-bond acceptors (Lipinski definition) is 4. The summed E-state index contributed by atoms with van der Waals surface area (Å²) in [6.45, 7) is 10.2. The predicted molar refractivity (Wildman–Crippen MR) is 76.9 cm³/mol. The van der Waals surface area contributed by atoms with Crippen molar-refractivity contribution in [2.24, 2.45) is 0 Å². The van der Waals surface area contributed by atoms with Crippen molar-refractivity contribution in [3.8, 4) is 0 Å². The maximum atomic E-state index is 9.51. The zero-order chi connectivity index (χ0) is 13.8. The van der Waals surface area contributed by atoms with E-state index in [1.807, 2.05) is 25.4 Å². The van der Waals surface area contributed by atoms with Gasteiger partial charge in [-0.2, -0.15) is 0 Å². The molecule has 0 radical (unpaired) electrons. The van der Waals surface area contributed by atoms with Crippen molar-refractivity contribution >= 4 is 0 Å². The molecule has 0 spiro atoms. The van der Waals surface area contributed by atoms with Gasteiger partial charge in [0.2, 0.25) is 0 Å². The Kier molecular flexibility index (Phi) is 4.91. The Balaban J connectivity index is 1.94. The van der Waals surface area contributed by atoms with Crippen LogP contribution in [0.3, 0.4) is 0 Å². The predicted octanol–water partition coefficient (Wildman–Crippen LogP) is 1.53. The first-order chi connectivity index (χ1) is 9.08. The third-order valence-electron chi connectivity index (χ3n) is 4.01. The Morgan fingerprint density at radius 2 is 2.21 bits per heavy atom. The highest BCUT2D eigenvalue weighted by Gasteiger charge is 2.27. The monoisotopic (exact) mass is 263 g/mol. The molecular formula is C15H25N3O. The Bertz CT molecular complexity index is 382. The molecule has 0 bridgehead atoms. The molecule has 3 atom stereocenters. The summed E-state index contributed by atoms with van der Waals surface area (Å²) < 4.78 is 0. The molecule has 1 aliphatic rings. The minimum atomic E-state index is -0.246. The number of aromatic nitrogens is 1. The molecule has 0 saturated carbocycles. The summed E-state index contributed by atoms with van der Waals surface area (Å²) in [5, 5.41) is 9.51. The molecule has 1 aliphatic heterocycles. The van der Waals surface area contributed by atoms with E-state index in [1.165, 1.54) is 5.56 Å². The summed E-state index contributed by atoms with van der Waals surface area (Å²) in [5.41, 5.74) is 1.28. The van der Waals surface area contributed by atoms with Crippen LogP contribution in [0.4, 0.5) is 0 Å². The van der Waals surface area contributed by atoms with Gasteiger partial charge in [0, 0.05) is 50.7 Å². The quantitative estimate of drug-likeness (QED) is 0.894. The van der Waals surface area contributed by atoms with E-state index in [9.17, 15) is 5.11 Å². The van der Waals surface area contributed by atoms with E-state index in [1.54, 1.807) is 0 Å². The molecule has 0 amide bonds. The van der Waals surface area contributed by atoms with Gasteiger partial charge in [-0.25, -0.2) is 0 Å². The molecule has 4 heteroatoms. The minimum Gasteiger partial charge on any atom is -0.392 e. The van der Waals surface area contributed by atoms with Crippen LogP contribution in [0.5, 0.6) is 0 Å². The lowest BCUT2D eigenvalue weighted by atomic mass is 10.1. The van der Waals surface area contributed by atoms with Gasteiger partial charge in [0.1, 0.15) is 0 Å². The van der Waals surface area contributed by atoms with Crippen LogP contribution >= 0.6 is 0 Å². The summed E-state index contributed by atoms with van der Waals surface area (Å²) in [4.78, 5) is 9.08. The lowest BCUT2D eigenvalue weighted by Gasteiger charge is -2.42. The van der Waals surface area contributed by atoms with Gasteiger partial charge in [-0.1, -0.05) is 6.07 Å². The molecule has 19 heavy (non-hydrogen) atoms. The van der Waals surface area contributed by atoms with Gasteiger partial charge in [0.05, 0.1) is 6.10 Å². The number of aliphatic hydroxyl groups is 1. The van der Waals surface area contributed by atoms with Crippen LogP contribution in [0, 0.1) is 0 Å². The van der Waals surface area contributed by atoms with Crippen molar-refractivity contribution in [3.63, 3.8) is 0 Å². The standard InChI is InChI=1S/C15H25N3O/c1-12-10-18(8-7-17(12)11-13(2)19)14(3)15-5-4-6-16-9-15/h4-6,9,12-14,19H,7-8,10-11H2,1-3H3/t12-,13+,14-/m1/s1. The molecule has 1 aromatic heterocycles. The Hall–Kier alpha value is -0.970. The molecule has 1 aromatic rings. The van der Waals surface area contributed by atoms with Crippen LogP contribution < -0.4 is 0 Å². The Labute approximate surface area is 116 Å². The summed E-state index contributed by atoms with van der Waals surface area (Å²) >= 11 is 0. The maximum Gasteiger partial charge on any atom is 0.0639 e. The van der Waals surface area contributed by atoms with Gasteiger partial charge in [0.25, 0.3) is 0 Å². The fourth-order valence-corrected chi connectivity index (χ4v) is 2.82. The van der Waals surface area contributed by atoms with E-state index >= 15 is 0 Å². The first kappa shape index (κ1) is 14.4. The lowest BCUT2D eigenvalue weighted by molar-refractivity contribution is 0.0303. The van der Waals surface area contributed by atoms with Gasteiger partial charge in [0.15, 0.2) is 0 Å². The molecule has 2 rings (SSSR count). The van der Waals surface area contributed by atoms with Crippen LogP contribution in [-0.2, 0) is 0 Å². The van der Waals surface area contributed by atoms with Crippen molar-refractivity contribution in [3.05, 3.63) is 30.1 Å². The number of rotatable bonds is 4. The third-order valence-corrected chi connectivity index (χ3v) is 4.01. The molecule has 4 nitrogen and oxygen atoms in total. The smallest absolute Gasteiger partial charge is 0.0639 e. The summed E-state index contributed by atoms with van der Waals surface area (Å²) in [6, 6.07) is 5.04. The Morgan fingerprint density at radius 3 is 2.79 bits per heavy atom. The molecule has 1 fully saturated rings. The van der Waals surface area contributed by atoms with E-state index in [0.29, 0.717) is 12.1 Å². The van der Waals surface area contributed by atoms with E-state index in [2.05, 4.69) is 34.7 Å². The van der Waals surface area contributed by atoms with E-state index < -0.39 is 0 Å². The summed E-state index contributed by atoms with van der Waals surface area (Å²) in [6.07, 6.45) is 3.53. The van der Waals surface area contributed by atoms with Gasteiger partial charge < -0.3 is 5.11 Å². The fraction of sp³-hybridized carbons (Fsp3) is 0.667. The summed E-state index contributed by atoms with van der Waals surface area (Å²) in [7, 11) is 0. The topological polar surface area (TPSA) is 39.6 Å². The second-order valence-corrected chi connectivity index (χ2v) is 5.65.